The number of non-ortho nitro benzene ring substituents is 1. The van der Waals surface area contributed by atoms with Gasteiger partial charge in [-0.05, 0) is 49.0 Å². The van der Waals surface area contributed by atoms with Gasteiger partial charge in [0.25, 0.3) is 5.69 Å². The van der Waals surface area contributed by atoms with Crippen LogP contribution in [0.15, 0.2) is 24.3 Å². The standard InChI is InChI=1S/C16H22N2O2/c1-2-15(12-4-3-5-14(10-12)18(19)20)17-11-16(8-9-16)13-6-7-13/h3-5,10,13,15,17H,2,6-9,11H2,1H3. The molecule has 0 spiro atoms. The summed E-state index contributed by atoms with van der Waals surface area (Å²) in [6.07, 6.45) is 6.47. The quantitative estimate of drug-likeness (QED) is 0.607. The maximum Gasteiger partial charge on any atom is 0.269 e. The highest BCUT2D eigenvalue weighted by molar-refractivity contribution is 5.35. The molecule has 0 heterocycles. The Morgan fingerprint density at radius 2 is 2.20 bits per heavy atom. The number of benzene rings is 1. The predicted octanol–water partition coefficient (Wildman–Crippen LogP) is 3.83. The molecule has 4 heteroatoms. The van der Waals surface area contributed by atoms with Crippen molar-refractivity contribution >= 4 is 5.69 Å². The molecule has 108 valence electrons. The molecule has 1 N–H and O–H groups in total. The zero-order valence-electron chi connectivity index (χ0n) is 12.0. The molecule has 1 atom stereocenters. The number of hydrogen-bond donors (Lipinski definition) is 1. The number of nitro benzene ring substituents is 1. The van der Waals surface area contributed by atoms with Crippen molar-refractivity contribution in [2.24, 2.45) is 11.3 Å². The smallest absolute Gasteiger partial charge is 0.269 e. The maximum atomic E-state index is 10.9. The molecule has 1 aromatic rings. The Balaban J connectivity index is 1.66. The summed E-state index contributed by atoms with van der Waals surface area (Å²) >= 11 is 0. The molecule has 4 nitrogen and oxygen atoms in total. The lowest BCUT2D eigenvalue weighted by atomic mass is 9.98. The summed E-state index contributed by atoms with van der Waals surface area (Å²) in [5, 5.41) is 14.5. The predicted molar refractivity (Wildman–Crippen MR) is 78.5 cm³/mol. The molecule has 0 saturated heterocycles. The SMILES string of the molecule is CCC(NCC1(C2CC2)CC1)c1cccc([N+](=O)[O-])c1. The normalized spacial score (nSPS) is 21.4. The van der Waals surface area contributed by atoms with Gasteiger partial charge < -0.3 is 5.32 Å². The van der Waals surface area contributed by atoms with E-state index in [1.807, 2.05) is 6.07 Å². The first-order valence-electron chi connectivity index (χ1n) is 7.62. The number of nitrogens with zero attached hydrogens (tertiary/aromatic N) is 1. The Hall–Kier alpha value is -1.42. The third-order valence-corrected chi connectivity index (χ3v) is 4.93. The molecule has 2 fully saturated rings. The van der Waals surface area contributed by atoms with Gasteiger partial charge in [0.05, 0.1) is 4.92 Å². The van der Waals surface area contributed by atoms with Gasteiger partial charge in [0.2, 0.25) is 0 Å². The Labute approximate surface area is 119 Å². The van der Waals surface area contributed by atoms with E-state index in [0.717, 1.165) is 24.4 Å². The molecular formula is C16H22N2O2. The van der Waals surface area contributed by atoms with Crippen LogP contribution in [0.25, 0.3) is 0 Å². The zero-order valence-corrected chi connectivity index (χ0v) is 12.0. The van der Waals surface area contributed by atoms with Crippen molar-refractivity contribution in [1.82, 2.24) is 5.32 Å². The third-order valence-electron chi connectivity index (χ3n) is 4.93. The van der Waals surface area contributed by atoms with E-state index in [1.54, 1.807) is 18.2 Å². The number of nitro groups is 1. The molecule has 0 amide bonds. The van der Waals surface area contributed by atoms with Gasteiger partial charge in [-0.25, -0.2) is 0 Å². The van der Waals surface area contributed by atoms with Gasteiger partial charge >= 0.3 is 0 Å². The van der Waals surface area contributed by atoms with Gasteiger partial charge in [-0.15, -0.1) is 0 Å². The lowest BCUT2D eigenvalue weighted by Crippen LogP contribution is -2.29. The molecule has 20 heavy (non-hydrogen) atoms. The minimum absolute atomic E-state index is 0.186. The molecule has 1 aromatic carbocycles. The van der Waals surface area contributed by atoms with Crippen LogP contribution in [0.2, 0.25) is 0 Å². The Bertz CT molecular complexity index is 507. The average molecular weight is 274 g/mol. The fourth-order valence-electron chi connectivity index (χ4n) is 3.27. The second-order valence-corrected chi connectivity index (χ2v) is 6.33. The molecule has 0 aromatic heterocycles. The lowest BCUT2D eigenvalue weighted by molar-refractivity contribution is -0.384. The summed E-state index contributed by atoms with van der Waals surface area (Å²) in [5.41, 5.74) is 1.79. The monoisotopic (exact) mass is 274 g/mol. The average Bonchev–Trinajstić information content (AvgIpc) is 3.32. The summed E-state index contributed by atoms with van der Waals surface area (Å²) in [6.45, 7) is 3.20. The van der Waals surface area contributed by atoms with E-state index in [1.165, 1.54) is 25.7 Å². The fourth-order valence-corrected chi connectivity index (χ4v) is 3.27. The van der Waals surface area contributed by atoms with Crippen molar-refractivity contribution in [3.63, 3.8) is 0 Å². The number of hydrogen-bond acceptors (Lipinski definition) is 3. The van der Waals surface area contributed by atoms with Crippen LogP contribution in [0.1, 0.15) is 50.6 Å². The summed E-state index contributed by atoms with van der Waals surface area (Å²) in [6, 6.07) is 7.27. The van der Waals surface area contributed by atoms with Crippen molar-refractivity contribution in [2.45, 2.75) is 45.1 Å². The van der Waals surface area contributed by atoms with E-state index >= 15 is 0 Å². The van der Waals surface area contributed by atoms with E-state index < -0.39 is 0 Å². The van der Waals surface area contributed by atoms with Crippen LogP contribution in [-0.4, -0.2) is 11.5 Å². The first kappa shape index (κ1) is 13.6. The van der Waals surface area contributed by atoms with Crippen molar-refractivity contribution in [3.8, 4) is 0 Å². The van der Waals surface area contributed by atoms with Gasteiger partial charge in [0.15, 0.2) is 0 Å². The third kappa shape index (κ3) is 2.70. The molecule has 0 bridgehead atoms. The minimum atomic E-state index is -0.317. The van der Waals surface area contributed by atoms with E-state index in [9.17, 15) is 10.1 Å². The summed E-state index contributed by atoms with van der Waals surface area (Å²) < 4.78 is 0. The summed E-state index contributed by atoms with van der Waals surface area (Å²) in [4.78, 5) is 10.6. The largest absolute Gasteiger partial charge is 0.309 e. The molecule has 3 rings (SSSR count). The van der Waals surface area contributed by atoms with Crippen LogP contribution >= 0.6 is 0 Å². The zero-order chi connectivity index (χ0) is 14.2. The number of nitrogens with one attached hydrogen (secondary N) is 1. The van der Waals surface area contributed by atoms with Crippen molar-refractivity contribution in [2.75, 3.05) is 6.54 Å². The topological polar surface area (TPSA) is 55.2 Å². The molecule has 2 aliphatic carbocycles. The van der Waals surface area contributed by atoms with Crippen LogP contribution in [0.5, 0.6) is 0 Å². The fraction of sp³-hybridized carbons (Fsp3) is 0.625. The second kappa shape index (κ2) is 5.17. The van der Waals surface area contributed by atoms with Crippen LogP contribution in [-0.2, 0) is 0 Å². The Kier molecular flexibility index (Phi) is 3.50. The Morgan fingerprint density at radius 3 is 2.75 bits per heavy atom. The first-order valence-corrected chi connectivity index (χ1v) is 7.62. The van der Waals surface area contributed by atoms with Crippen LogP contribution in [0, 0.1) is 21.4 Å². The minimum Gasteiger partial charge on any atom is -0.309 e. The highest BCUT2D eigenvalue weighted by atomic mass is 16.6. The number of rotatable bonds is 7. The molecule has 1 unspecified atom stereocenters. The van der Waals surface area contributed by atoms with Gasteiger partial charge in [-0.1, -0.05) is 19.1 Å². The van der Waals surface area contributed by atoms with Gasteiger partial charge in [0, 0.05) is 24.7 Å². The van der Waals surface area contributed by atoms with E-state index in [-0.39, 0.29) is 16.7 Å². The molecule has 0 radical (unpaired) electrons. The highest BCUT2D eigenvalue weighted by Gasteiger charge is 2.53. The first-order chi connectivity index (χ1) is 9.64. The summed E-state index contributed by atoms with van der Waals surface area (Å²) in [5.74, 6) is 0.942. The molecular weight excluding hydrogens is 252 g/mol. The van der Waals surface area contributed by atoms with E-state index in [4.69, 9.17) is 0 Å². The Morgan fingerprint density at radius 1 is 1.45 bits per heavy atom. The van der Waals surface area contributed by atoms with Crippen molar-refractivity contribution < 1.29 is 4.92 Å². The maximum absolute atomic E-state index is 10.9. The highest BCUT2D eigenvalue weighted by Crippen LogP contribution is 2.61. The lowest BCUT2D eigenvalue weighted by Gasteiger charge is -2.22. The van der Waals surface area contributed by atoms with Crippen LogP contribution in [0.4, 0.5) is 5.69 Å². The van der Waals surface area contributed by atoms with Crippen molar-refractivity contribution in [3.05, 3.63) is 39.9 Å². The molecule has 2 aliphatic rings. The van der Waals surface area contributed by atoms with Gasteiger partial charge in [0.1, 0.15) is 0 Å². The van der Waals surface area contributed by atoms with E-state index in [0.29, 0.717) is 5.41 Å². The summed E-state index contributed by atoms with van der Waals surface area (Å²) in [7, 11) is 0. The van der Waals surface area contributed by atoms with Gasteiger partial charge in [-0.2, -0.15) is 0 Å². The molecule has 2 saturated carbocycles. The molecule has 0 aliphatic heterocycles. The van der Waals surface area contributed by atoms with E-state index in [2.05, 4.69) is 12.2 Å². The van der Waals surface area contributed by atoms with Crippen LogP contribution < -0.4 is 5.32 Å². The van der Waals surface area contributed by atoms with Crippen LogP contribution in [0.3, 0.4) is 0 Å². The van der Waals surface area contributed by atoms with Crippen molar-refractivity contribution in [1.29, 1.82) is 0 Å². The van der Waals surface area contributed by atoms with Gasteiger partial charge in [-0.3, -0.25) is 10.1 Å². The second-order valence-electron chi connectivity index (χ2n) is 6.33.